The Morgan fingerprint density at radius 3 is 2.42 bits per heavy atom. The summed E-state index contributed by atoms with van der Waals surface area (Å²) in [5.74, 6) is -7.84. The molecular formula is C49H45F4N9O5. The van der Waals surface area contributed by atoms with Crippen molar-refractivity contribution in [2.75, 3.05) is 44.3 Å². The average molecular weight is 916 g/mol. The number of piperidine rings is 2. The topological polar surface area (TPSA) is 155 Å². The van der Waals surface area contributed by atoms with E-state index in [4.69, 9.17) is 9.72 Å². The number of carbonyl (C=O) groups is 4. The number of nitrogens with one attached hydrogen (secondary N) is 2. The van der Waals surface area contributed by atoms with Crippen molar-refractivity contribution in [1.29, 1.82) is 0 Å². The zero-order valence-corrected chi connectivity index (χ0v) is 36.2. The lowest BCUT2D eigenvalue weighted by Gasteiger charge is -2.34. The van der Waals surface area contributed by atoms with E-state index >= 15 is 17.6 Å². The zero-order chi connectivity index (χ0) is 46.4. The van der Waals surface area contributed by atoms with Crippen LogP contribution in [0.3, 0.4) is 0 Å². The Balaban J connectivity index is 0.765. The Morgan fingerprint density at radius 2 is 1.64 bits per heavy atom. The predicted molar refractivity (Wildman–Crippen MR) is 237 cm³/mol. The number of hydrogen-bond acceptors (Lipinski definition) is 10. The number of halogens is 4. The van der Waals surface area contributed by atoms with E-state index in [9.17, 15) is 19.2 Å². The molecule has 3 saturated heterocycles. The Kier molecular flexibility index (Phi) is 11.8. The first kappa shape index (κ1) is 43.8. The second kappa shape index (κ2) is 18.0. The van der Waals surface area contributed by atoms with Crippen LogP contribution in [0.5, 0.6) is 0 Å². The summed E-state index contributed by atoms with van der Waals surface area (Å²) in [6.07, 6.45) is 6.88. The van der Waals surface area contributed by atoms with Gasteiger partial charge in [-0.3, -0.25) is 39.1 Å². The third-order valence-electron chi connectivity index (χ3n) is 13.1. The van der Waals surface area contributed by atoms with Crippen LogP contribution in [-0.2, 0) is 44.7 Å². The van der Waals surface area contributed by atoms with E-state index < -0.39 is 41.0 Å². The van der Waals surface area contributed by atoms with E-state index in [1.165, 1.54) is 35.2 Å². The summed E-state index contributed by atoms with van der Waals surface area (Å²) in [6, 6.07) is 17.8. The number of imide groups is 1. The molecule has 18 heteroatoms. The Morgan fingerprint density at radius 1 is 0.866 bits per heavy atom. The fourth-order valence-corrected chi connectivity index (χ4v) is 9.42. The van der Waals surface area contributed by atoms with Crippen LogP contribution in [0.15, 0.2) is 91.4 Å². The highest BCUT2D eigenvalue weighted by atomic mass is 19.3. The van der Waals surface area contributed by atoms with Gasteiger partial charge in [-0.25, -0.2) is 13.8 Å². The van der Waals surface area contributed by atoms with Gasteiger partial charge in [0, 0.05) is 91.9 Å². The van der Waals surface area contributed by atoms with Crippen molar-refractivity contribution in [1.82, 2.24) is 40.2 Å². The lowest BCUT2D eigenvalue weighted by Crippen LogP contribution is -2.52. The molecule has 6 aromatic rings. The molecule has 14 nitrogen and oxygen atoms in total. The first-order chi connectivity index (χ1) is 32.4. The second-order valence-corrected chi connectivity index (χ2v) is 17.4. The van der Waals surface area contributed by atoms with Crippen LogP contribution >= 0.6 is 0 Å². The van der Waals surface area contributed by atoms with Gasteiger partial charge in [-0.2, -0.15) is 13.9 Å². The van der Waals surface area contributed by atoms with E-state index in [1.807, 2.05) is 20.7 Å². The largest absolute Gasteiger partial charge is 0.379 e. The number of carbonyl (C=O) groups excluding carboxylic acids is 4. The summed E-state index contributed by atoms with van der Waals surface area (Å²) in [6.45, 7) is 3.40. The molecule has 0 radical (unpaired) electrons. The zero-order valence-electron chi connectivity index (χ0n) is 36.2. The van der Waals surface area contributed by atoms with Gasteiger partial charge in [0.05, 0.1) is 48.4 Å². The third-order valence-corrected chi connectivity index (χ3v) is 13.1. The maximum absolute atomic E-state index is 15.7. The number of para-hydroxylation sites is 1. The number of nitrogens with zero attached hydrogens (tertiary/aromatic N) is 7. The summed E-state index contributed by atoms with van der Waals surface area (Å²) < 4.78 is 69.6. The number of aromatic nitrogens is 4. The molecule has 3 fully saturated rings. The standard InChI is InChI=1S/C49H45F4N9O5/c50-39-20-30(21-40(51)38(39)28-59-15-17-67-18-16-59)36-5-2-6-41-45(36)57-42(25-54-41)32-24-56-62(27-32)34-11-13-60(14-12-34)35-4-1-3-33(22-35)49(52,53)48(66)55-23-29-7-8-37-31(19-29)26-61(47(37)65)43-9-10-44(63)58-46(43)64/h1-8,19-22,24-25,27,34,43H,9-18,23,26,28H2,(H,55,66)(H,58,63,64). The van der Waals surface area contributed by atoms with Gasteiger partial charge in [0.15, 0.2) is 0 Å². The second-order valence-electron chi connectivity index (χ2n) is 17.4. The number of morpholine rings is 1. The van der Waals surface area contributed by atoms with Gasteiger partial charge in [-0.15, -0.1) is 0 Å². The predicted octanol–water partition coefficient (Wildman–Crippen LogP) is 6.28. The Hall–Kier alpha value is -7.05. The molecule has 10 rings (SSSR count). The van der Waals surface area contributed by atoms with Crippen molar-refractivity contribution in [2.45, 2.75) is 63.3 Å². The van der Waals surface area contributed by atoms with E-state index in [2.05, 4.69) is 20.7 Å². The monoisotopic (exact) mass is 915 g/mol. The van der Waals surface area contributed by atoms with E-state index in [1.54, 1.807) is 54.9 Å². The van der Waals surface area contributed by atoms with Crippen molar-refractivity contribution in [3.8, 4) is 22.4 Å². The summed E-state index contributed by atoms with van der Waals surface area (Å²) >= 11 is 0. The van der Waals surface area contributed by atoms with Gasteiger partial charge in [-0.05, 0) is 72.4 Å². The SMILES string of the molecule is O=C1CCC(N2Cc3cc(CNC(=O)C(F)(F)c4cccc(N5CCC(n6cc(-c7cnc8cccc(-c9cc(F)c(CN%10CCOCC%10)c(F)c9)c8n7)cn6)CC5)c4)ccc3C2=O)C(=O)N1. The number of rotatable bonds is 11. The summed E-state index contributed by atoms with van der Waals surface area (Å²) in [5.41, 5.74) is 4.82. The van der Waals surface area contributed by atoms with Crippen molar-refractivity contribution in [3.05, 3.63) is 131 Å². The molecule has 1 unspecified atom stereocenters. The molecule has 0 aliphatic carbocycles. The third kappa shape index (κ3) is 8.73. The first-order valence-corrected chi connectivity index (χ1v) is 22.3. The van der Waals surface area contributed by atoms with Gasteiger partial charge in [0.1, 0.15) is 17.7 Å². The normalized spacial score (nSPS) is 18.4. The summed E-state index contributed by atoms with van der Waals surface area (Å²) in [4.78, 5) is 65.0. The number of fused-ring (bicyclic) bond motifs is 2. The van der Waals surface area contributed by atoms with E-state index in [0.717, 1.165) is 0 Å². The minimum Gasteiger partial charge on any atom is -0.379 e. The van der Waals surface area contributed by atoms with E-state index in [-0.39, 0.29) is 55.9 Å². The molecule has 4 aliphatic rings. The van der Waals surface area contributed by atoms with Crippen LogP contribution < -0.4 is 15.5 Å². The van der Waals surface area contributed by atoms with Crippen LogP contribution in [0, 0.1) is 11.6 Å². The molecule has 2 N–H and O–H groups in total. The average Bonchev–Trinajstić information content (AvgIpc) is 3.97. The Bertz CT molecular complexity index is 2910. The first-order valence-electron chi connectivity index (χ1n) is 22.3. The smallest absolute Gasteiger partial charge is 0.349 e. The molecule has 0 bridgehead atoms. The van der Waals surface area contributed by atoms with Crippen LogP contribution in [0.2, 0.25) is 0 Å². The molecule has 0 spiro atoms. The van der Waals surface area contributed by atoms with Crippen LogP contribution in [0.1, 0.15) is 64.3 Å². The highest BCUT2D eigenvalue weighted by Gasteiger charge is 2.42. The molecule has 1 atom stereocenters. The Labute approximate surface area is 381 Å². The van der Waals surface area contributed by atoms with Crippen molar-refractivity contribution >= 4 is 40.3 Å². The van der Waals surface area contributed by atoms with E-state index in [0.29, 0.717) is 108 Å². The molecule has 4 amide bonds. The van der Waals surface area contributed by atoms with Gasteiger partial charge < -0.3 is 19.9 Å². The van der Waals surface area contributed by atoms with Gasteiger partial charge in [-0.1, -0.05) is 36.4 Å². The highest BCUT2D eigenvalue weighted by Crippen LogP contribution is 2.36. The van der Waals surface area contributed by atoms with Crippen molar-refractivity contribution in [3.63, 3.8) is 0 Å². The molecule has 4 aromatic carbocycles. The number of amides is 4. The molecule has 67 heavy (non-hydrogen) atoms. The maximum Gasteiger partial charge on any atom is 0.349 e. The maximum atomic E-state index is 15.7. The van der Waals surface area contributed by atoms with Crippen molar-refractivity contribution < 1.29 is 41.5 Å². The van der Waals surface area contributed by atoms with Crippen LogP contribution in [0.25, 0.3) is 33.4 Å². The van der Waals surface area contributed by atoms with Gasteiger partial charge in [0.25, 0.3) is 11.8 Å². The molecule has 4 aliphatic heterocycles. The lowest BCUT2D eigenvalue weighted by molar-refractivity contribution is -0.147. The lowest BCUT2D eigenvalue weighted by atomic mass is 10.0. The highest BCUT2D eigenvalue weighted by molar-refractivity contribution is 6.05. The quantitative estimate of drug-likeness (QED) is 0.112. The summed E-state index contributed by atoms with van der Waals surface area (Å²) in [5, 5.41) is 9.25. The number of benzene rings is 4. The molecule has 0 saturated carbocycles. The number of anilines is 1. The molecule has 6 heterocycles. The van der Waals surface area contributed by atoms with Crippen molar-refractivity contribution in [2.24, 2.45) is 0 Å². The summed E-state index contributed by atoms with van der Waals surface area (Å²) in [7, 11) is 0. The molecule has 344 valence electrons. The fraction of sp³-hybridized carbons (Fsp3) is 0.327. The van der Waals surface area contributed by atoms with Gasteiger partial charge in [0.2, 0.25) is 11.8 Å². The van der Waals surface area contributed by atoms with Crippen LogP contribution in [0.4, 0.5) is 23.2 Å². The number of hydrogen-bond donors (Lipinski definition) is 2. The van der Waals surface area contributed by atoms with Crippen LogP contribution in [-0.4, -0.2) is 98.6 Å². The molecule has 2 aromatic heterocycles. The minimum atomic E-state index is -3.85. The number of alkyl halides is 2. The van der Waals surface area contributed by atoms with Gasteiger partial charge >= 0.3 is 5.92 Å². The minimum absolute atomic E-state index is 0.00384. The number of ether oxygens (including phenoxy) is 1. The fourth-order valence-electron chi connectivity index (χ4n) is 9.42. The molecular weight excluding hydrogens is 871 g/mol.